The van der Waals surface area contributed by atoms with Gasteiger partial charge in [0, 0.05) is 23.6 Å². The Kier molecular flexibility index (Phi) is 4.42. The molecule has 5 heteroatoms. The number of carbonyl (C=O) groups excluding carboxylic acids is 1. The highest BCUT2D eigenvalue weighted by atomic mass is 35.5. The fraction of sp³-hybridized carbons (Fsp3) is 0.0476. The van der Waals surface area contributed by atoms with Crippen molar-refractivity contribution in [3.05, 3.63) is 95.4 Å². The Hall–Kier alpha value is -3.11. The first-order chi connectivity index (χ1) is 12.7. The number of halogens is 1. The maximum atomic E-state index is 12.9. The molecule has 0 spiro atoms. The van der Waals surface area contributed by atoms with Gasteiger partial charge in [0.2, 0.25) is 0 Å². The molecule has 2 aromatic heterocycles. The van der Waals surface area contributed by atoms with Crippen molar-refractivity contribution in [2.45, 2.75) is 6.54 Å². The first-order valence-corrected chi connectivity index (χ1v) is 8.64. The Morgan fingerprint density at radius 2 is 1.77 bits per heavy atom. The van der Waals surface area contributed by atoms with Crippen LogP contribution in [-0.4, -0.2) is 15.5 Å². The van der Waals surface area contributed by atoms with Gasteiger partial charge in [-0.2, -0.15) is 0 Å². The zero-order valence-electron chi connectivity index (χ0n) is 13.9. The van der Waals surface area contributed by atoms with E-state index in [1.807, 2.05) is 53.1 Å². The van der Waals surface area contributed by atoms with Gasteiger partial charge in [-0.15, -0.1) is 0 Å². The lowest BCUT2D eigenvalue weighted by atomic mass is 10.2. The standard InChI is InChI=1S/C21H16ClN3O/c22-20-17(10-6-12-23-20)24-21(26)19-13-16-9-4-5-11-18(16)25(19)14-15-7-2-1-3-8-15/h1-13H,14H2,(H,24,26). The minimum absolute atomic E-state index is 0.216. The summed E-state index contributed by atoms with van der Waals surface area (Å²) in [6.45, 7) is 0.609. The van der Waals surface area contributed by atoms with Gasteiger partial charge in [0.05, 0.1) is 5.69 Å². The van der Waals surface area contributed by atoms with Crippen molar-refractivity contribution in [2.24, 2.45) is 0 Å². The van der Waals surface area contributed by atoms with Crippen molar-refractivity contribution in [3.63, 3.8) is 0 Å². The second-order valence-corrected chi connectivity index (χ2v) is 6.31. The van der Waals surface area contributed by atoms with Crippen LogP contribution in [0.4, 0.5) is 5.69 Å². The van der Waals surface area contributed by atoms with Crippen LogP contribution in [0.5, 0.6) is 0 Å². The topological polar surface area (TPSA) is 46.9 Å². The summed E-state index contributed by atoms with van der Waals surface area (Å²) in [5, 5.41) is 4.15. The number of hydrogen-bond donors (Lipinski definition) is 1. The van der Waals surface area contributed by atoms with Crippen LogP contribution in [-0.2, 0) is 6.54 Å². The lowest BCUT2D eigenvalue weighted by Gasteiger charge is -2.12. The molecule has 1 N–H and O–H groups in total. The number of benzene rings is 2. The maximum absolute atomic E-state index is 12.9. The molecular formula is C21H16ClN3O. The van der Waals surface area contributed by atoms with Crippen molar-refractivity contribution < 1.29 is 4.79 Å². The molecule has 4 nitrogen and oxygen atoms in total. The number of para-hydroxylation sites is 1. The maximum Gasteiger partial charge on any atom is 0.272 e. The quantitative estimate of drug-likeness (QED) is 0.520. The van der Waals surface area contributed by atoms with E-state index in [9.17, 15) is 4.79 Å². The van der Waals surface area contributed by atoms with Crippen LogP contribution in [0.3, 0.4) is 0 Å². The molecule has 1 amide bonds. The van der Waals surface area contributed by atoms with E-state index in [-0.39, 0.29) is 11.1 Å². The van der Waals surface area contributed by atoms with Crippen molar-refractivity contribution >= 4 is 34.1 Å². The number of nitrogens with one attached hydrogen (secondary N) is 1. The van der Waals surface area contributed by atoms with Crippen LogP contribution in [0.1, 0.15) is 16.1 Å². The highest BCUT2D eigenvalue weighted by Gasteiger charge is 2.17. The number of pyridine rings is 1. The fourth-order valence-corrected chi connectivity index (χ4v) is 3.17. The van der Waals surface area contributed by atoms with Gasteiger partial charge in [0.25, 0.3) is 5.91 Å². The summed E-state index contributed by atoms with van der Waals surface area (Å²) in [6.07, 6.45) is 1.59. The Balaban J connectivity index is 1.75. The number of rotatable bonds is 4. The van der Waals surface area contributed by atoms with Crippen LogP contribution >= 0.6 is 11.6 Å². The highest BCUT2D eigenvalue weighted by Crippen LogP contribution is 2.24. The number of nitrogens with zero attached hydrogens (tertiary/aromatic N) is 2. The smallest absolute Gasteiger partial charge is 0.272 e. The molecule has 4 aromatic rings. The first-order valence-electron chi connectivity index (χ1n) is 8.26. The first kappa shape index (κ1) is 16.4. The van der Waals surface area contributed by atoms with E-state index < -0.39 is 0 Å². The Labute approximate surface area is 156 Å². The van der Waals surface area contributed by atoms with Gasteiger partial charge >= 0.3 is 0 Å². The molecule has 26 heavy (non-hydrogen) atoms. The lowest BCUT2D eigenvalue weighted by Crippen LogP contribution is -2.17. The molecule has 0 saturated carbocycles. The molecule has 0 saturated heterocycles. The van der Waals surface area contributed by atoms with Gasteiger partial charge in [-0.05, 0) is 29.8 Å². The molecule has 0 atom stereocenters. The summed E-state index contributed by atoms with van der Waals surface area (Å²) in [4.78, 5) is 16.9. The molecule has 0 radical (unpaired) electrons. The van der Waals surface area contributed by atoms with Gasteiger partial charge in [0.15, 0.2) is 5.15 Å². The minimum Gasteiger partial charge on any atom is -0.332 e. The largest absolute Gasteiger partial charge is 0.332 e. The van der Waals surface area contributed by atoms with Crippen LogP contribution in [0.2, 0.25) is 5.15 Å². The molecule has 0 fully saturated rings. The zero-order chi connectivity index (χ0) is 17.9. The summed E-state index contributed by atoms with van der Waals surface area (Å²) in [6, 6.07) is 23.4. The van der Waals surface area contributed by atoms with E-state index in [2.05, 4.69) is 22.4 Å². The van der Waals surface area contributed by atoms with E-state index in [0.29, 0.717) is 17.9 Å². The van der Waals surface area contributed by atoms with Crippen LogP contribution in [0.15, 0.2) is 79.0 Å². The monoisotopic (exact) mass is 361 g/mol. The summed E-state index contributed by atoms with van der Waals surface area (Å²) >= 11 is 6.07. The van der Waals surface area contributed by atoms with Crippen LogP contribution in [0.25, 0.3) is 10.9 Å². The molecule has 0 aliphatic rings. The molecule has 0 aliphatic heterocycles. The van der Waals surface area contributed by atoms with Crippen molar-refractivity contribution in [3.8, 4) is 0 Å². The summed E-state index contributed by atoms with van der Waals surface area (Å²) < 4.78 is 2.02. The Bertz CT molecular complexity index is 1070. The van der Waals surface area contributed by atoms with Gasteiger partial charge in [-0.3, -0.25) is 4.79 Å². The second kappa shape index (κ2) is 7.02. The molecular weight excluding hydrogens is 346 g/mol. The van der Waals surface area contributed by atoms with Crippen molar-refractivity contribution in [1.82, 2.24) is 9.55 Å². The zero-order valence-corrected chi connectivity index (χ0v) is 14.6. The van der Waals surface area contributed by atoms with Gasteiger partial charge in [-0.25, -0.2) is 4.98 Å². The average Bonchev–Trinajstić information content (AvgIpc) is 3.03. The molecule has 0 aliphatic carbocycles. The molecule has 2 aromatic carbocycles. The number of aromatic nitrogens is 2. The predicted octanol–water partition coefficient (Wildman–Crippen LogP) is 4.99. The van der Waals surface area contributed by atoms with E-state index in [1.165, 1.54) is 0 Å². The van der Waals surface area contributed by atoms with E-state index in [1.54, 1.807) is 18.3 Å². The third-order valence-electron chi connectivity index (χ3n) is 4.23. The van der Waals surface area contributed by atoms with Crippen LogP contribution < -0.4 is 5.32 Å². The normalized spacial score (nSPS) is 10.8. The number of hydrogen-bond acceptors (Lipinski definition) is 2. The predicted molar refractivity (Wildman–Crippen MR) is 105 cm³/mol. The summed E-state index contributed by atoms with van der Waals surface area (Å²) in [7, 11) is 0. The molecule has 2 heterocycles. The highest BCUT2D eigenvalue weighted by molar-refractivity contribution is 6.32. The third kappa shape index (κ3) is 3.19. The minimum atomic E-state index is -0.216. The molecule has 0 unspecified atom stereocenters. The van der Waals surface area contributed by atoms with Crippen molar-refractivity contribution in [1.29, 1.82) is 0 Å². The van der Waals surface area contributed by atoms with Gasteiger partial charge in [-0.1, -0.05) is 60.1 Å². The third-order valence-corrected chi connectivity index (χ3v) is 4.54. The van der Waals surface area contributed by atoms with Crippen molar-refractivity contribution in [2.75, 3.05) is 5.32 Å². The molecule has 0 bridgehead atoms. The van der Waals surface area contributed by atoms with E-state index >= 15 is 0 Å². The van der Waals surface area contributed by atoms with Gasteiger partial charge in [0.1, 0.15) is 5.69 Å². The summed E-state index contributed by atoms with van der Waals surface area (Å²) in [5.74, 6) is -0.216. The fourth-order valence-electron chi connectivity index (χ4n) is 3.00. The number of fused-ring (bicyclic) bond motifs is 1. The van der Waals surface area contributed by atoms with Gasteiger partial charge < -0.3 is 9.88 Å². The average molecular weight is 362 g/mol. The lowest BCUT2D eigenvalue weighted by molar-refractivity contribution is 0.101. The number of anilines is 1. The number of carbonyl (C=O) groups is 1. The van der Waals surface area contributed by atoms with E-state index in [4.69, 9.17) is 11.6 Å². The Morgan fingerprint density at radius 1 is 1.00 bits per heavy atom. The van der Waals surface area contributed by atoms with E-state index in [0.717, 1.165) is 16.5 Å². The number of amides is 1. The summed E-state index contributed by atoms with van der Waals surface area (Å²) in [5.41, 5.74) is 3.21. The Morgan fingerprint density at radius 3 is 2.58 bits per heavy atom. The molecule has 4 rings (SSSR count). The molecule has 128 valence electrons. The van der Waals surface area contributed by atoms with Crippen LogP contribution in [0, 0.1) is 0 Å². The second-order valence-electron chi connectivity index (χ2n) is 5.96. The SMILES string of the molecule is O=C(Nc1cccnc1Cl)c1cc2ccccc2n1Cc1ccccc1.